The van der Waals surface area contributed by atoms with Crippen LogP contribution in [0.3, 0.4) is 0 Å². The molecular formula is C13H13ClN4O4S. The second kappa shape index (κ2) is 7.25. The molecule has 2 amide bonds. The van der Waals surface area contributed by atoms with Gasteiger partial charge in [-0.2, -0.15) is 0 Å². The molecule has 10 heteroatoms. The second-order valence-corrected chi connectivity index (χ2v) is 5.91. The number of anilines is 1. The average Bonchev–Trinajstić information content (AvgIpc) is 2.90. The minimum Gasteiger partial charge on any atom is -0.493 e. The van der Waals surface area contributed by atoms with E-state index < -0.39 is 11.8 Å². The number of nitrogens with two attached hydrogens (primary N) is 1. The van der Waals surface area contributed by atoms with E-state index in [0.29, 0.717) is 5.13 Å². The lowest BCUT2D eigenvalue weighted by Gasteiger charge is -2.13. The van der Waals surface area contributed by atoms with Crippen LogP contribution in [-0.2, 0) is 4.79 Å². The van der Waals surface area contributed by atoms with Crippen LogP contribution in [0.4, 0.5) is 5.13 Å². The van der Waals surface area contributed by atoms with Gasteiger partial charge in [-0.3, -0.25) is 14.9 Å². The predicted molar refractivity (Wildman–Crippen MR) is 85.3 cm³/mol. The van der Waals surface area contributed by atoms with Gasteiger partial charge in [0.25, 0.3) is 11.8 Å². The smallest absolute Gasteiger partial charge is 0.257 e. The Hall–Kier alpha value is -2.39. The molecule has 1 aromatic carbocycles. The van der Waals surface area contributed by atoms with Crippen LogP contribution in [0.15, 0.2) is 12.1 Å². The van der Waals surface area contributed by atoms with Gasteiger partial charge in [0.2, 0.25) is 5.13 Å². The average molecular weight is 357 g/mol. The Morgan fingerprint density at radius 3 is 2.70 bits per heavy atom. The highest BCUT2D eigenvalue weighted by atomic mass is 35.5. The number of hydrogen-bond donors (Lipinski definition) is 2. The molecule has 0 aliphatic heterocycles. The summed E-state index contributed by atoms with van der Waals surface area (Å²) in [5, 5.41) is 11.4. The number of carbonyl (C=O) groups is 2. The number of aryl methyl sites for hydroxylation is 1. The van der Waals surface area contributed by atoms with Crippen LogP contribution in [0.5, 0.6) is 11.5 Å². The molecule has 0 aliphatic rings. The van der Waals surface area contributed by atoms with E-state index in [1.54, 1.807) is 6.92 Å². The highest BCUT2D eigenvalue weighted by Gasteiger charge is 2.17. The quantitative estimate of drug-likeness (QED) is 0.812. The van der Waals surface area contributed by atoms with Gasteiger partial charge in [0.15, 0.2) is 18.1 Å². The van der Waals surface area contributed by atoms with E-state index in [0.717, 1.165) is 5.01 Å². The first-order valence-electron chi connectivity index (χ1n) is 6.30. The molecule has 0 fully saturated rings. The largest absolute Gasteiger partial charge is 0.493 e. The van der Waals surface area contributed by atoms with Crippen LogP contribution >= 0.6 is 22.9 Å². The Morgan fingerprint density at radius 1 is 1.39 bits per heavy atom. The van der Waals surface area contributed by atoms with Gasteiger partial charge in [0, 0.05) is 5.56 Å². The SMILES string of the molecule is COc1cc(C(=O)Nc2nnc(C)s2)cc(Cl)c1OCC(N)=O. The van der Waals surface area contributed by atoms with Gasteiger partial charge < -0.3 is 15.2 Å². The van der Waals surface area contributed by atoms with Crippen molar-refractivity contribution in [2.45, 2.75) is 6.92 Å². The van der Waals surface area contributed by atoms with Gasteiger partial charge in [-0.25, -0.2) is 0 Å². The van der Waals surface area contributed by atoms with Crippen LogP contribution in [0, 0.1) is 6.92 Å². The zero-order chi connectivity index (χ0) is 17.0. The number of hydrogen-bond acceptors (Lipinski definition) is 7. The highest BCUT2D eigenvalue weighted by Crippen LogP contribution is 2.36. The van der Waals surface area contributed by atoms with E-state index in [-0.39, 0.29) is 28.7 Å². The maximum Gasteiger partial charge on any atom is 0.257 e. The third kappa shape index (κ3) is 4.30. The first kappa shape index (κ1) is 17.0. The van der Waals surface area contributed by atoms with Gasteiger partial charge in [-0.15, -0.1) is 10.2 Å². The molecule has 0 radical (unpaired) electrons. The van der Waals surface area contributed by atoms with E-state index in [2.05, 4.69) is 15.5 Å². The van der Waals surface area contributed by atoms with E-state index in [9.17, 15) is 9.59 Å². The van der Waals surface area contributed by atoms with Gasteiger partial charge in [0.05, 0.1) is 12.1 Å². The number of carbonyl (C=O) groups excluding carboxylic acids is 2. The molecule has 1 heterocycles. The van der Waals surface area contributed by atoms with Crippen molar-refractivity contribution in [3.63, 3.8) is 0 Å². The van der Waals surface area contributed by atoms with Crippen molar-refractivity contribution in [1.82, 2.24) is 10.2 Å². The van der Waals surface area contributed by atoms with Crippen molar-refractivity contribution >= 4 is 39.9 Å². The molecule has 122 valence electrons. The Balaban J connectivity index is 2.24. The number of primary amides is 1. The Kier molecular flexibility index (Phi) is 5.35. The maximum absolute atomic E-state index is 12.2. The Morgan fingerprint density at radius 2 is 2.13 bits per heavy atom. The van der Waals surface area contributed by atoms with E-state index in [1.165, 1.54) is 30.6 Å². The third-order valence-electron chi connectivity index (χ3n) is 2.60. The standard InChI is InChI=1S/C13H13ClN4O4S/c1-6-17-18-13(23-6)16-12(20)7-3-8(14)11(9(4-7)21-2)22-5-10(15)19/h3-4H,5H2,1-2H3,(H2,15,19)(H,16,18,20). The topological polar surface area (TPSA) is 116 Å². The Bertz CT molecular complexity index is 750. The summed E-state index contributed by atoms with van der Waals surface area (Å²) >= 11 is 7.33. The molecular weight excluding hydrogens is 344 g/mol. The van der Waals surface area contributed by atoms with E-state index in [4.69, 9.17) is 26.8 Å². The molecule has 0 unspecified atom stereocenters. The summed E-state index contributed by atoms with van der Waals surface area (Å²) in [6, 6.07) is 2.83. The van der Waals surface area contributed by atoms with E-state index in [1.807, 2.05) is 0 Å². The summed E-state index contributed by atoms with van der Waals surface area (Å²) in [7, 11) is 1.39. The minimum atomic E-state index is -0.656. The molecule has 0 aliphatic carbocycles. The molecule has 2 rings (SSSR count). The van der Waals surface area contributed by atoms with Crippen molar-refractivity contribution in [3.05, 3.63) is 27.7 Å². The molecule has 0 atom stereocenters. The summed E-state index contributed by atoms with van der Waals surface area (Å²) in [5.41, 5.74) is 5.27. The third-order valence-corrected chi connectivity index (χ3v) is 3.63. The monoisotopic (exact) mass is 356 g/mol. The van der Waals surface area contributed by atoms with Crippen LogP contribution < -0.4 is 20.5 Å². The molecule has 0 spiro atoms. The van der Waals surface area contributed by atoms with Gasteiger partial charge >= 0.3 is 0 Å². The van der Waals surface area contributed by atoms with Crippen molar-refractivity contribution in [2.24, 2.45) is 5.73 Å². The first-order valence-corrected chi connectivity index (χ1v) is 7.50. The van der Waals surface area contributed by atoms with Crippen molar-refractivity contribution in [3.8, 4) is 11.5 Å². The summed E-state index contributed by atoms with van der Waals surface area (Å²) in [6.07, 6.45) is 0. The lowest BCUT2D eigenvalue weighted by molar-refractivity contribution is -0.119. The number of nitrogens with one attached hydrogen (secondary N) is 1. The fourth-order valence-corrected chi connectivity index (χ4v) is 2.50. The van der Waals surface area contributed by atoms with Crippen LogP contribution in [0.25, 0.3) is 0 Å². The first-order chi connectivity index (χ1) is 10.9. The number of rotatable bonds is 6. The molecule has 3 N–H and O–H groups in total. The zero-order valence-corrected chi connectivity index (χ0v) is 13.8. The van der Waals surface area contributed by atoms with Crippen molar-refractivity contribution < 1.29 is 19.1 Å². The number of aromatic nitrogens is 2. The highest BCUT2D eigenvalue weighted by molar-refractivity contribution is 7.15. The number of amides is 2. The molecule has 0 saturated heterocycles. The number of benzene rings is 1. The molecule has 1 aromatic heterocycles. The van der Waals surface area contributed by atoms with Gasteiger partial charge in [0.1, 0.15) is 5.01 Å². The Labute approximate surface area is 140 Å². The lowest BCUT2D eigenvalue weighted by Crippen LogP contribution is -2.20. The zero-order valence-electron chi connectivity index (χ0n) is 12.3. The van der Waals surface area contributed by atoms with E-state index >= 15 is 0 Å². The second-order valence-electron chi connectivity index (χ2n) is 4.32. The summed E-state index contributed by atoms with van der Waals surface area (Å²) in [6.45, 7) is 1.42. The predicted octanol–water partition coefficient (Wildman–Crippen LogP) is 1.62. The lowest BCUT2D eigenvalue weighted by atomic mass is 10.2. The number of ether oxygens (including phenoxy) is 2. The van der Waals surface area contributed by atoms with Crippen LogP contribution in [-0.4, -0.2) is 35.7 Å². The number of methoxy groups -OCH3 is 1. The summed E-state index contributed by atoms with van der Waals surface area (Å²) in [5.74, 6) is -0.743. The minimum absolute atomic E-state index is 0.115. The normalized spacial score (nSPS) is 10.2. The molecule has 23 heavy (non-hydrogen) atoms. The van der Waals surface area contributed by atoms with Crippen LogP contribution in [0.1, 0.15) is 15.4 Å². The molecule has 8 nitrogen and oxygen atoms in total. The molecule has 0 bridgehead atoms. The molecule has 0 saturated carbocycles. The number of nitrogens with zero attached hydrogens (tertiary/aromatic N) is 2. The van der Waals surface area contributed by atoms with Crippen molar-refractivity contribution in [1.29, 1.82) is 0 Å². The fourth-order valence-electron chi connectivity index (χ4n) is 1.65. The van der Waals surface area contributed by atoms with Crippen molar-refractivity contribution in [2.75, 3.05) is 19.0 Å². The van der Waals surface area contributed by atoms with Crippen LogP contribution in [0.2, 0.25) is 5.02 Å². The van der Waals surface area contributed by atoms with Gasteiger partial charge in [-0.05, 0) is 19.1 Å². The van der Waals surface area contributed by atoms with Gasteiger partial charge in [-0.1, -0.05) is 22.9 Å². The summed E-state index contributed by atoms with van der Waals surface area (Å²) < 4.78 is 10.3. The number of halogens is 1. The molecule has 2 aromatic rings. The maximum atomic E-state index is 12.2. The summed E-state index contributed by atoms with van der Waals surface area (Å²) in [4.78, 5) is 23.0. The fraction of sp³-hybridized carbons (Fsp3) is 0.231.